The fourth-order valence-corrected chi connectivity index (χ4v) is 1.88. The van der Waals surface area contributed by atoms with Crippen molar-refractivity contribution in [3.05, 3.63) is 35.7 Å². The highest BCUT2D eigenvalue weighted by atomic mass is 16.6. The van der Waals surface area contributed by atoms with E-state index in [9.17, 15) is 4.79 Å². The molecule has 0 aliphatic carbocycles. The zero-order valence-electron chi connectivity index (χ0n) is 10.5. The Kier molecular flexibility index (Phi) is 3.44. The number of hydrogen-bond acceptors (Lipinski definition) is 6. The molecule has 7 nitrogen and oxygen atoms in total. The molecule has 2 aromatic rings. The number of carboxylic acids is 1. The lowest BCUT2D eigenvalue weighted by atomic mass is 10.1. The van der Waals surface area contributed by atoms with E-state index in [1.54, 1.807) is 12.1 Å². The molecule has 1 aromatic carbocycles. The summed E-state index contributed by atoms with van der Waals surface area (Å²) in [6.07, 6.45) is -0.344. The highest BCUT2D eigenvalue weighted by Crippen LogP contribution is 2.23. The Balaban J connectivity index is 1.80. The number of ether oxygens (including phenoxy) is 2. The fourth-order valence-electron chi connectivity index (χ4n) is 1.88. The lowest BCUT2D eigenvalue weighted by Crippen LogP contribution is -2.22. The molecule has 0 spiro atoms. The van der Waals surface area contributed by atoms with Gasteiger partial charge in [-0.05, 0) is 12.1 Å². The number of aromatic carboxylic acids is 1. The Bertz CT molecular complexity index is 601. The zero-order valence-corrected chi connectivity index (χ0v) is 10.5. The van der Waals surface area contributed by atoms with Crippen LogP contribution in [0.2, 0.25) is 0 Å². The quantitative estimate of drug-likeness (QED) is 0.908. The predicted molar refractivity (Wildman–Crippen MR) is 66.2 cm³/mol. The second-order valence-electron chi connectivity index (χ2n) is 4.27. The van der Waals surface area contributed by atoms with Gasteiger partial charge in [0.05, 0.1) is 25.4 Å². The van der Waals surface area contributed by atoms with Crippen molar-refractivity contribution in [1.82, 2.24) is 10.1 Å². The number of aromatic nitrogens is 2. The van der Waals surface area contributed by atoms with Gasteiger partial charge >= 0.3 is 5.97 Å². The van der Waals surface area contributed by atoms with Crippen molar-refractivity contribution in [3.8, 4) is 11.4 Å². The summed E-state index contributed by atoms with van der Waals surface area (Å²) >= 11 is 0. The van der Waals surface area contributed by atoms with Gasteiger partial charge in [-0.3, -0.25) is 0 Å². The van der Waals surface area contributed by atoms with Crippen molar-refractivity contribution in [2.75, 3.05) is 19.8 Å². The van der Waals surface area contributed by atoms with Crippen LogP contribution in [-0.2, 0) is 9.47 Å². The van der Waals surface area contributed by atoms with E-state index in [1.807, 2.05) is 0 Å². The molecule has 0 saturated carbocycles. The van der Waals surface area contributed by atoms with Crippen LogP contribution in [0, 0.1) is 0 Å². The van der Waals surface area contributed by atoms with Gasteiger partial charge in [0.1, 0.15) is 0 Å². The molecule has 0 bridgehead atoms. The van der Waals surface area contributed by atoms with Gasteiger partial charge in [0.15, 0.2) is 6.10 Å². The van der Waals surface area contributed by atoms with Gasteiger partial charge in [-0.1, -0.05) is 17.3 Å². The smallest absolute Gasteiger partial charge is 0.335 e. The molecule has 7 heteroatoms. The minimum absolute atomic E-state index is 0.210. The summed E-state index contributed by atoms with van der Waals surface area (Å²) in [6, 6.07) is 6.26. The van der Waals surface area contributed by atoms with Crippen LogP contribution in [0.25, 0.3) is 11.4 Å². The minimum Gasteiger partial charge on any atom is -0.478 e. The average Bonchev–Trinajstić information content (AvgIpc) is 2.98. The Hall–Kier alpha value is -2.25. The number of hydrogen-bond donors (Lipinski definition) is 1. The SMILES string of the molecule is O=C(O)c1ccc(-c2noc(C3COCCO3)n2)cc1. The normalized spacial score (nSPS) is 18.9. The van der Waals surface area contributed by atoms with Crippen molar-refractivity contribution in [3.63, 3.8) is 0 Å². The molecule has 1 atom stereocenters. The van der Waals surface area contributed by atoms with Gasteiger partial charge in [0.25, 0.3) is 5.89 Å². The van der Waals surface area contributed by atoms with Crippen LogP contribution in [0.15, 0.2) is 28.8 Å². The summed E-state index contributed by atoms with van der Waals surface area (Å²) in [6.45, 7) is 1.45. The van der Waals surface area contributed by atoms with Crippen molar-refractivity contribution >= 4 is 5.97 Å². The molecular formula is C13H12N2O5. The first kappa shape index (κ1) is 12.8. The first-order valence-corrected chi connectivity index (χ1v) is 6.11. The van der Waals surface area contributed by atoms with E-state index in [1.165, 1.54) is 12.1 Å². The third-order valence-electron chi connectivity index (χ3n) is 2.92. The highest BCUT2D eigenvalue weighted by molar-refractivity contribution is 5.88. The second-order valence-corrected chi connectivity index (χ2v) is 4.27. The number of nitrogens with zero attached hydrogens (tertiary/aromatic N) is 2. The summed E-state index contributed by atoms with van der Waals surface area (Å²) in [5.41, 5.74) is 0.892. The fraction of sp³-hybridized carbons (Fsp3) is 0.308. The first-order chi connectivity index (χ1) is 9.74. The summed E-state index contributed by atoms with van der Waals surface area (Å²) < 4.78 is 15.9. The van der Waals surface area contributed by atoms with Crippen LogP contribution in [-0.4, -0.2) is 41.0 Å². The van der Waals surface area contributed by atoms with Gasteiger partial charge in [-0.2, -0.15) is 4.98 Å². The van der Waals surface area contributed by atoms with E-state index in [0.717, 1.165) is 0 Å². The molecule has 0 amide bonds. The molecule has 0 radical (unpaired) electrons. The van der Waals surface area contributed by atoms with Crippen LogP contribution in [0.3, 0.4) is 0 Å². The van der Waals surface area contributed by atoms with E-state index in [0.29, 0.717) is 37.1 Å². The summed E-state index contributed by atoms with van der Waals surface area (Å²) in [5.74, 6) is -0.216. The maximum atomic E-state index is 10.8. The van der Waals surface area contributed by atoms with Crippen LogP contribution in [0.5, 0.6) is 0 Å². The summed E-state index contributed by atoms with van der Waals surface area (Å²) in [4.78, 5) is 15.0. The van der Waals surface area contributed by atoms with Gasteiger partial charge in [0, 0.05) is 5.56 Å². The van der Waals surface area contributed by atoms with Gasteiger partial charge in [0.2, 0.25) is 5.82 Å². The molecule has 20 heavy (non-hydrogen) atoms. The molecular weight excluding hydrogens is 264 g/mol. The Morgan fingerprint density at radius 3 is 2.70 bits per heavy atom. The minimum atomic E-state index is -0.974. The van der Waals surface area contributed by atoms with Crippen LogP contribution < -0.4 is 0 Å². The van der Waals surface area contributed by atoms with Gasteiger partial charge < -0.3 is 19.1 Å². The molecule has 1 aromatic heterocycles. The lowest BCUT2D eigenvalue weighted by Gasteiger charge is -2.19. The summed E-state index contributed by atoms with van der Waals surface area (Å²) in [5, 5.41) is 12.7. The Morgan fingerprint density at radius 1 is 1.25 bits per heavy atom. The topological polar surface area (TPSA) is 94.7 Å². The van der Waals surface area contributed by atoms with Crippen molar-refractivity contribution in [1.29, 1.82) is 0 Å². The third kappa shape index (κ3) is 2.54. The van der Waals surface area contributed by atoms with Crippen molar-refractivity contribution in [2.24, 2.45) is 0 Å². The Labute approximate surface area is 114 Å². The number of carboxylic acid groups (broad SMARTS) is 1. The van der Waals surface area contributed by atoms with Gasteiger partial charge in [-0.25, -0.2) is 4.79 Å². The van der Waals surface area contributed by atoms with Crippen LogP contribution in [0.4, 0.5) is 0 Å². The van der Waals surface area contributed by atoms with Crippen LogP contribution in [0.1, 0.15) is 22.4 Å². The van der Waals surface area contributed by atoms with E-state index in [-0.39, 0.29) is 11.7 Å². The molecule has 2 heterocycles. The number of carbonyl (C=O) groups is 1. The largest absolute Gasteiger partial charge is 0.478 e. The predicted octanol–water partition coefficient (Wildman–Crippen LogP) is 1.52. The molecule has 3 rings (SSSR count). The van der Waals surface area contributed by atoms with E-state index in [4.69, 9.17) is 19.1 Å². The molecule has 1 unspecified atom stereocenters. The zero-order chi connectivity index (χ0) is 13.9. The third-order valence-corrected chi connectivity index (χ3v) is 2.92. The van der Waals surface area contributed by atoms with Crippen molar-refractivity contribution < 1.29 is 23.9 Å². The standard InChI is InChI=1S/C13H12N2O5/c16-13(17)9-3-1-8(2-4-9)11-14-12(20-15-11)10-7-18-5-6-19-10/h1-4,10H,5-7H2,(H,16,17). The van der Waals surface area contributed by atoms with Crippen LogP contribution >= 0.6 is 0 Å². The number of rotatable bonds is 3. The average molecular weight is 276 g/mol. The second kappa shape index (κ2) is 5.40. The first-order valence-electron chi connectivity index (χ1n) is 6.11. The molecule has 1 saturated heterocycles. The maximum Gasteiger partial charge on any atom is 0.335 e. The van der Waals surface area contributed by atoms with E-state index >= 15 is 0 Å². The monoisotopic (exact) mass is 276 g/mol. The van der Waals surface area contributed by atoms with Gasteiger partial charge in [-0.15, -0.1) is 0 Å². The Morgan fingerprint density at radius 2 is 2.05 bits per heavy atom. The summed E-state index contributed by atoms with van der Waals surface area (Å²) in [7, 11) is 0. The van der Waals surface area contributed by atoms with E-state index < -0.39 is 5.97 Å². The molecule has 1 fully saturated rings. The molecule has 1 aliphatic heterocycles. The highest BCUT2D eigenvalue weighted by Gasteiger charge is 2.23. The molecule has 1 aliphatic rings. The molecule has 1 N–H and O–H groups in total. The lowest BCUT2D eigenvalue weighted by molar-refractivity contribution is -0.101. The van der Waals surface area contributed by atoms with E-state index in [2.05, 4.69) is 10.1 Å². The maximum absolute atomic E-state index is 10.8. The number of benzene rings is 1. The van der Waals surface area contributed by atoms with Crippen molar-refractivity contribution in [2.45, 2.75) is 6.10 Å². The molecule has 104 valence electrons.